The number of likely N-dealkylation sites (N-methyl/N-ethyl adjacent to an activating group) is 1. The highest BCUT2D eigenvalue weighted by molar-refractivity contribution is 5.90. The van der Waals surface area contributed by atoms with Crippen molar-refractivity contribution in [3.05, 3.63) is 12.0 Å². The molecule has 2 atom stereocenters. The van der Waals surface area contributed by atoms with Crippen LogP contribution < -0.4 is 4.90 Å². The van der Waals surface area contributed by atoms with E-state index in [2.05, 4.69) is 47.3 Å². The largest absolute Gasteiger partial charge is 0.349 e. The SMILES string of the molecule is CCCCn1nc(CC(C)C)c2c(N3[C@@H]4CC[C@H]3CN(C)CC4)ncnc21. The Balaban J connectivity index is 1.81. The Hall–Kier alpha value is -1.69. The molecule has 148 valence electrons. The predicted octanol–water partition coefficient (Wildman–Crippen LogP) is 3.50. The van der Waals surface area contributed by atoms with Gasteiger partial charge >= 0.3 is 0 Å². The zero-order valence-electron chi connectivity index (χ0n) is 17.4. The van der Waals surface area contributed by atoms with Crippen molar-refractivity contribution in [2.24, 2.45) is 5.92 Å². The summed E-state index contributed by atoms with van der Waals surface area (Å²) >= 11 is 0. The average molecular weight is 371 g/mol. The van der Waals surface area contributed by atoms with E-state index in [1.54, 1.807) is 6.33 Å². The third-order valence-electron chi connectivity index (χ3n) is 6.14. The van der Waals surface area contributed by atoms with E-state index in [0.29, 0.717) is 18.0 Å². The molecule has 2 fully saturated rings. The molecule has 0 aromatic carbocycles. The van der Waals surface area contributed by atoms with Gasteiger partial charge in [0.2, 0.25) is 0 Å². The molecular weight excluding hydrogens is 336 g/mol. The number of likely N-dealkylation sites (tertiary alicyclic amines) is 1. The van der Waals surface area contributed by atoms with Crippen molar-refractivity contribution in [2.75, 3.05) is 25.0 Å². The summed E-state index contributed by atoms with van der Waals surface area (Å²) in [6.07, 6.45) is 8.83. The molecule has 0 N–H and O–H groups in total. The third-order valence-corrected chi connectivity index (χ3v) is 6.14. The minimum atomic E-state index is 0.562. The number of anilines is 1. The number of fused-ring (bicyclic) bond motifs is 3. The number of hydrogen-bond donors (Lipinski definition) is 0. The Morgan fingerprint density at radius 1 is 1.15 bits per heavy atom. The van der Waals surface area contributed by atoms with Crippen LogP contribution in [0.15, 0.2) is 6.33 Å². The van der Waals surface area contributed by atoms with Crippen molar-refractivity contribution >= 4 is 16.9 Å². The number of unbranched alkanes of at least 4 members (excludes halogenated alkanes) is 1. The highest BCUT2D eigenvalue weighted by Crippen LogP contribution is 2.38. The van der Waals surface area contributed by atoms with Crippen LogP contribution in [0.4, 0.5) is 5.82 Å². The average Bonchev–Trinajstić information content (AvgIpc) is 3.13. The summed E-state index contributed by atoms with van der Waals surface area (Å²) in [7, 11) is 2.25. The highest BCUT2D eigenvalue weighted by Gasteiger charge is 2.38. The van der Waals surface area contributed by atoms with Crippen molar-refractivity contribution < 1.29 is 0 Å². The van der Waals surface area contributed by atoms with E-state index in [1.807, 2.05) is 0 Å². The number of rotatable bonds is 6. The topological polar surface area (TPSA) is 50.1 Å². The third kappa shape index (κ3) is 3.56. The summed E-state index contributed by atoms with van der Waals surface area (Å²) in [6.45, 7) is 10.0. The van der Waals surface area contributed by atoms with Gasteiger partial charge in [-0.25, -0.2) is 14.6 Å². The van der Waals surface area contributed by atoms with Gasteiger partial charge in [-0.2, -0.15) is 5.10 Å². The standard InChI is InChI=1S/C21H34N6/c1-5-6-10-26-20-19(18(24-26)12-15(2)3)21(23-14-22-20)27-16-7-8-17(27)13-25(4)11-9-16/h14-17H,5-13H2,1-4H3/t16-,17+/m1/s1. The van der Waals surface area contributed by atoms with Crippen LogP contribution in [0.5, 0.6) is 0 Å². The molecule has 2 aliphatic heterocycles. The molecule has 0 unspecified atom stereocenters. The molecule has 4 heterocycles. The summed E-state index contributed by atoms with van der Waals surface area (Å²) in [6, 6.07) is 1.16. The Morgan fingerprint density at radius 3 is 2.74 bits per heavy atom. The fraction of sp³-hybridized carbons (Fsp3) is 0.762. The van der Waals surface area contributed by atoms with E-state index < -0.39 is 0 Å². The Morgan fingerprint density at radius 2 is 1.96 bits per heavy atom. The zero-order valence-corrected chi connectivity index (χ0v) is 17.4. The molecule has 2 aromatic heterocycles. The van der Waals surface area contributed by atoms with Gasteiger partial charge in [-0.3, -0.25) is 0 Å². The normalized spacial score (nSPS) is 23.5. The van der Waals surface area contributed by atoms with Crippen molar-refractivity contribution in [3.8, 4) is 0 Å². The van der Waals surface area contributed by atoms with Crippen LogP contribution in [0.2, 0.25) is 0 Å². The summed E-state index contributed by atoms with van der Waals surface area (Å²) in [4.78, 5) is 14.6. The van der Waals surface area contributed by atoms with Crippen LogP contribution in [0.1, 0.15) is 58.6 Å². The number of aromatic nitrogens is 4. The minimum Gasteiger partial charge on any atom is -0.349 e. The Bertz CT molecular complexity index is 782. The van der Waals surface area contributed by atoms with Crippen LogP contribution in [0.3, 0.4) is 0 Å². The molecule has 27 heavy (non-hydrogen) atoms. The van der Waals surface area contributed by atoms with E-state index in [9.17, 15) is 0 Å². The maximum Gasteiger partial charge on any atom is 0.163 e. The molecule has 0 saturated carbocycles. The molecule has 4 rings (SSSR count). The maximum absolute atomic E-state index is 5.01. The van der Waals surface area contributed by atoms with E-state index in [1.165, 1.54) is 43.3 Å². The highest BCUT2D eigenvalue weighted by atomic mass is 15.3. The second-order valence-corrected chi connectivity index (χ2v) is 8.86. The molecule has 0 amide bonds. The second-order valence-electron chi connectivity index (χ2n) is 8.86. The van der Waals surface area contributed by atoms with E-state index in [0.717, 1.165) is 37.4 Å². The van der Waals surface area contributed by atoms with E-state index >= 15 is 0 Å². The van der Waals surface area contributed by atoms with Crippen LogP contribution >= 0.6 is 0 Å². The Kier molecular flexibility index (Phi) is 5.35. The molecule has 0 spiro atoms. The van der Waals surface area contributed by atoms with Gasteiger partial charge in [0.05, 0.1) is 11.1 Å². The first-order valence-electron chi connectivity index (χ1n) is 10.8. The number of aryl methyl sites for hydroxylation is 1. The van der Waals surface area contributed by atoms with Crippen LogP contribution in [0.25, 0.3) is 11.0 Å². The van der Waals surface area contributed by atoms with Gasteiger partial charge in [0.15, 0.2) is 5.65 Å². The molecule has 2 bridgehead atoms. The molecule has 2 aromatic rings. The summed E-state index contributed by atoms with van der Waals surface area (Å²) < 4.78 is 2.13. The molecule has 6 nitrogen and oxygen atoms in total. The van der Waals surface area contributed by atoms with Crippen LogP contribution in [0, 0.1) is 5.92 Å². The van der Waals surface area contributed by atoms with Crippen LogP contribution in [-0.2, 0) is 13.0 Å². The monoisotopic (exact) mass is 370 g/mol. The zero-order chi connectivity index (χ0) is 19.0. The van der Waals surface area contributed by atoms with E-state index in [-0.39, 0.29) is 0 Å². The quantitative estimate of drug-likeness (QED) is 0.779. The Labute approximate surface area is 163 Å². The van der Waals surface area contributed by atoms with Crippen molar-refractivity contribution in [2.45, 2.75) is 77.9 Å². The van der Waals surface area contributed by atoms with Gasteiger partial charge in [-0.05, 0) is 51.6 Å². The summed E-state index contributed by atoms with van der Waals surface area (Å²) in [5.41, 5.74) is 2.21. The van der Waals surface area contributed by atoms with Gasteiger partial charge in [0.1, 0.15) is 12.1 Å². The lowest BCUT2D eigenvalue weighted by molar-refractivity contribution is 0.315. The number of hydrogen-bond acceptors (Lipinski definition) is 5. The predicted molar refractivity (Wildman–Crippen MR) is 110 cm³/mol. The first-order valence-corrected chi connectivity index (χ1v) is 10.8. The second kappa shape index (κ2) is 7.74. The van der Waals surface area contributed by atoms with Gasteiger partial charge in [0, 0.05) is 25.2 Å². The maximum atomic E-state index is 5.01. The first-order chi connectivity index (χ1) is 13.1. The fourth-order valence-corrected chi connectivity index (χ4v) is 4.84. The van der Waals surface area contributed by atoms with Crippen molar-refractivity contribution in [1.82, 2.24) is 24.6 Å². The lowest BCUT2D eigenvalue weighted by Gasteiger charge is -2.30. The van der Waals surface area contributed by atoms with Gasteiger partial charge in [-0.15, -0.1) is 0 Å². The van der Waals surface area contributed by atoms with Crippen molar-refractivity contribution in [3.63, 3.8) is 0 Å². The lowest BCUT2D eigenvalue weighted by atomic mass is 10.1. The minimum absolute atomic E-state index is 0.562. The molecular formula is C21H34N6. The molecule has 0 aliphatic carbocycles. The lowest BCUT2D eigenvalue weighted by Crippen LogP contribution is -2.39. The fourth-order valence-electron chi connectivity index (χ4n) is 4.84. The number of nitrogens with zero attached hydrogens (tertiary/aromatic N) is 6. The molecule has 6 heteroatoms. The smallest absolute Gasteiger partial charge is 0.163 e. The van der Waals surface area contributed by atoms with Crippen LogP contribution in [-0.4, -0.2) is 56.9 Å². The van der Waals surface area contributed by atoms with Gasteiger partial charge < -0.3 is 9.80 Å². The summed E-state index contributed by atoms with van der Waals surface area (Å²) in [5, 5.41) is 6.22. The summed E-state index contributed by atoms with van der Waals surface area (Å²) in [5.74, 6) is 1.71. The molecule has 2 aliphatic rings. The molecule has 0 radical (unpaired) electrons. The van der Waals surface area contributed by atoms with Gasteiger partial charge in [-0.1, -0.05) is 27.2 Å². The molecule has 2 saturated heterocycles. The van der Waals surface area contributed by atoms with Gasteiger partial charge in [0.25, 0.3) is 0 Å². The van der Waals surface area contributed by atoms with E-state index in [4.69, 9.17) is 10.1 Å². The van der Waals surface area contributed by atoms with Crippen molar-refractivity contribution in [1.29, 1.82) is 0 Å². The first kappa shape index (κ1) is 18.7.